The highest BCUT2D eigenvalue weighted by Gasteiger charge is 2.25. The van der Waals surface area contributed by atoms with E-state index in [1.165, 1.54) is 0 Å². The molecule has 3 aromatic rings. The first-order valence-electron chi connectivity index (χ1n) is 11.6. The molecule has 1 amide bonds. The zero-order valence-corrected chi connectivity index (χ0v) is 20.4. The number of hydrogen-bond donors (Lipinski definition) is 3. The van der Waals surface area contributed by atoms with Gasteiger partial charge < -0.3 is 20.3 Å². The van der Waals surface area contributed by atoms with Gasteiger partial charge in [-0.15, -0.1) is 0 Å². The second-order valence-electron chi connectivity index (χ2n) is 8.62. The fraction of sp³-hybridized carbons (Fsp3) is 0.276. The number of benzene rings is 3. The van der Waals surface area contributed by atoms with E-state index in [0.29, 0.717) is 29.0 Å². The van der Waals surface area contributed by atoms with E-state index < -0.39 is 5.91 Å². The van der Waals surface area contributed by atoms with Crippen LogP contribution in [0.2, 0.25) is 0 Å². The number of aryl methyl sites for hydroxylation is 2. The van der Waals surface area contributed by atoms with Gasteiger partial charge in [-0.3, -0.25) is 4.79 Å². The number of hydrogen-bond acceptors (Lipinski definition) is 4. The highest BCUT2D eigenvalue weighted by Crippen LogP contribution is 2.45. The fourth-order valence-electron chi connectivity index (χ4n) is 4.09. The van der Waals surface area contributed by atoms with Crippen LogP contribution >= 0.6 is 0 Å². The topological polar surface area (TPSA) is 78.8 Å². The van der Waals surface area contributed by atoms with E-state index in [1.807, 2.05) is 32.0 Å². The molecule has 3 aromatic carbocycles. The number of phenolic OH excluding ortho intramolecular Hbond substituents is 2. The van der Waals surface area contributed by atoms with Gasteiger partial charge in [0.25, 0.3) is 5.91 Å². The molecule has 0 aliphatic rings. The van der Waals surface area contributed by atoms with Gasteiger partial charge in [-0.1, -0.05) is 55.7 Å². The van der Waals surface area contributed by atoms with Crippen LogP contribution in [0.15, 0.2) is 55.1 Å². The van der Waals surface area contributed by atoms with Gasteiger partial charge in [0, 0.05) is 5.69 Å². The summed E-state index contributed by atoms with van der Waals surface area (Å²) < 4.78 is 5.18. The summed E-state index contributed by atoms with van der Waals surface area (Å²) in [7, 11) is 1.58. The number of phenols is 2. The Bertz CT molecular complexity index is 1200. The van der Waals surface area contributed by atoms with Crippen LogP contribution in [0.4, 0.5) is 5.69 Å². The smallest absolute Gasteiger partial charge is 0.259 e. The van der Waals surface area contributed by atoms with Gasteiger partial charge in [-0.2, -0.15) is 0 Å². The first-order chi connectivity index (χ1) is 16.3. The molecular formula is C29H33NO4. The molecule has 0 heterocycles. The molecular weight excluding hydrogens is 426 g/mol. The average molecular weight is 460 g/mol. The van der Waals surface area contributed by atoms with Crippen molar-refractivity contribution in [2.45, 2.75) is 46.5 Å². The van der Waals surface area contributed by atoms with Gasteiger partial charge in [0.15, 0.2) is 0 Å². The molecule has 5 nitrogen and oxygen atoms in total. The van der Waals surface area contributed by atoms with Crippen molar-refractivity contribution in [2.24, 2.45) is 0 Å². The number of allylic oxidation sites excluding steroid dienone is 1. The lowest BCUT2D eigenvalue weighted by Gasteiger charge is -2.19. The van der Waals surface area contributed by atoms with Crippen molar-refractivity contribution in [3.8, 4) is 28.4 Å². The maximum absolute atomic E-state index is 13.4. The molecule has 0 aromatic heterocycles. The number of carbonyl (C=O) groups is 1. The fourth-order valence-corrected chi connectivity index (χ4v) is 4.09. The highest BCUT2D eigenvalue weighted by atomic mass is 16.5. The minimum Gasteiger partial charge on any atom is -0.507 e. The monoisotopic (exact) mass is 459 g/mol. The number of amides is 1. The molecule has 0 unspecified atom stereocenters. The van der Waals surface area contributed by atoms with Crippen molar-refractivity contribution in [3.05, 3.63) is 77.4 Å². The molecule has 0 bridgehead atoms. The summed E-state index contributed by atoms with van der Waals surface area (Å²) in [5.74, 6) is -0.0385. The number of rotatable bonds is 9. The van der Waals surface area contributed by atoms with Crippen LogP contribution in [0, 0.1) is 6.92 Å². The van der Waals surface area contributed by atoms with Crippen LogP contribution in [-0.4, -0.2) is 23.2 Å². The molecule has 0 spiro atoms. The van der Waals surface area contributed by atoms with Gasteiger partial charge in [0.05, 0.1) is 18.2 Å². The highest BCUT2D eigenvalue weighted by molar-refractivity contribution is 6.09. The Balaban J connectivity index is 2.15. The zero-order valence-electron chi connectivity index (χ0n) is 20.4. The summed E-state index contributed by atoms with van der Waals surface area (Å²) >= 11 is 0. The van der Waals surface area contributed by atoms with E-state index in [-0.39, 0.29) is 22.6 Å². The van der Waals surface area contributed by atoms with Crippen molar-refractivity contribution in [1.82, 2.24) is 0 Å². The third-order valence-corrected chi connectivity index (χ3v) is 5.89. The van der Waals surface area contributed by atoms with Crippen LogP contribution in [0.3, 0.4) is 0 Å². The van der Waals surface area contributed by atoms with E-state index >= 15 is 0 Å². The number of methoxy groups -OCH3 is 1. The van der Waals surface area contributed by atoms with Crippen LogP contribution in [-0.2, 0) is 6.42 Å². The summed E-state index contributed by atoms with van der Waals surface area (Å²) in [6.07, 6.45) is 3.43. The molecule has 3 rings (SSSR count). The Kier molecular flexibility index (Phi) is 8.00. The molecule has 3 N–H and O–H groups in total. The number of anilines is 1. The Morgan fingerprint density at radius 3 is 2.38 bits per heavy atom. The minimum atomic E-state index is -0.431. The summed E-state index contributed by atoms with van der Waals surface area (Å²) in [5.41, 5.74) is 4.81. The van der Waals surface area contributed by atoms with Gasteiger partial charge in [0.1, 0.15) is 17.2 Å². The molecule has 178 valence electrons. The van der Waals surface area contributed by atoms with E-state index in [2.05, 4.69) is 18.8 Å². The molecule has 0 saturated carbocycles. The molecule has 0 atom stereocenters. The van der Waals surface area contributed by atoms with Crippen molar-refractivity contribution in [2.75, 3.05) is 12.4 Å². The van der Waals surface area contributed by atoms with Crippen LogP contribution in [0.1, 0.15) is 60.2 Å². The first kappa shape index (κ1) is 24.9. The zero-order chi connectivity index (χ0) is 24.8. The number of nitrogens with one attached hydrogen (secondary N) is 1. The average Bonchev–Trinajstić information content (AvgIpc) is 2.79. The Hall–Kier alpha value is -3.73. The Labute approximate surface area is 201 Å². The molecule has 0 fully saturated rings. The normalized spacial score (nSPS) is 10.7. The molecule has 5 heteroatoms. The third-order valence-electron chi connectivity index (χ3n) is 5.89. The minimum absolute atomic E-state index is 0.0573. The number of aromatic hydroxyl groups is 2. The largest absolute Gasteiger partial charge is 0.507 e. The van der Waals surface area contributed by atoms with Gasteiger partial charge in [-0.05, 0) is 73.7 Å². The van der Waals surface area contributed by atoms with Crippen molar-refractivity contribution in [3.63, 3.8) is 0 Å². The predicted octanol–water partition coefficient (Wildman–Crippen LogP) is 7.10. The lowest BCUT2D eigenvalue weighted by molar-refractivity contribution is 0.102. The van der Waals surface area contributed by atoms with Gasteiger partial charge in [0.2, 0.25) is 0 Å². The molecule has 0 aliphatic carbocycles. The summed E-state index contributed by atoms with van der Waals surface area (Å²) in [5, 5.41) is 25.3. The number of ether oxygens (including phenoxy) is 1. The Morgan fingerprint density at radius 1 is 1.06 bits per heavy atom. The summed E-state index contributed by atoms with van der Waals surface area (Å²) in [6, 6.07) is 14.4. The van der Waals surface area contributed by atoms with E-state index in [1.54, 1.807) is 37.4 Å². The lowest BCUT2D eigenvalue weighted by atomic mass is 9.89. The molecule has 0 saturated heterocycles. The van der Waals surface area contributed by atoms with E-state index in [4.69, 9.17) is 4.74 Å². The molecule has 0 aliphatic heterocycles. The summed E-state index contributed by atoms with van der Waals surface area (Å²) in [4.78, 5) is 13.4. The SMILES string of the molecule is C=C(C)c1ccc(C)cc1-c1c(O)cc(CCCCC)c(C(=O)Nc2ccc(OC)cc2)c1O. The second-order valence-corrected chi connectivity index (χ2v) is 8.62. The maximum Gasteiger partial charge on any atom is 0.259 e. The van der Waals surface area contributed by atoms with Gasteiger partial charge in [-0.25, -0.2) is 0 Å². The van der Waals surface area contributed by atoms with Gasteiger partial charge >= 0.3 is 0 Å². The van der Waals surface area contributed by atoms with Crippen molar-refractivity contribution in [1.29, 1.82) is 0 Å². The van der Waals surface area contributed by atoms with Crippen LogP contribution < -0.4 is 10.1 Å². The van der Waals surface area contributed by atoms with Crippen molar-refractivity contribution >= 4 is 17.2 Å². The maximum atomic E-state index is 13.4. The van der Waals surface area contributed by atoms with E-state index in [0.717, 1.165) is 36.0 Å². The standard InChI is InChI=1S/C29H33NO4/c1-6-7-8-9-20-17-25(31)27(24-16-19(4)10-15-23(24)18(2)3)28(32)26(20)29(33)30-21-11-13-22(34-5)14-12-21/h10-17,31-32H,2,6-9H2,1,3-5H3,(H,30,33). The molecule has 0 radical (unpaired) electrons. The second kappa shape index (κ2) is 10.9. The lowest BCUT2D eigenvalue weighted by Crippen LogP contribution is -2.15. The van der Waals surface area contributed by atoms with E-state index in [9.17, 15) is 15.0 Å². The van der Waals surface area contributed by atoms with Crippen LogP contribution in [0.5, 0.6) is 17.2 Å². The molecule has 34 heavy (non-hydrogen) atoms. The van der Waals surface area contributed by atoms with Crippen LogP contribution in [0.25, 0.3) is 16.7 Å². The Morgan fingerprint density at radius 2 is 1.76 bits per heavy atom. The summed E-state index contributed by atoms with van der Waals surface area (Å²) in [6.45, 7) is 9.96. The quantitative estimate of drug-likeness (QED) is 0.298. The number of carbonyl (C=O) groups excluding carboxylic acids is 1. The number of unbranched alkanes of at least 4 members (excludes halogenated alkanes) is 2. The first-order valence-corrected chi connectivity index (χ1v) is 11.6. The predicted molar refractivity (Wildman–Crippen MR) is 139 cm³/mol. The van der Waals surface area contributed by atoms with Crippen molar-refractivity contribution < 1.29 is 19.7 Å². The third kappa shape index (κ3) is 5.42.